The minimum atomic E-state index is -0.114. The monoisotopic (exact) mass is 314 g/mol. The first-order valence-corrected chi connectivity index (χ1v) is 8.32. The van der Waals surface area contributed by atoms with Gasteiger partial charge in [0.05, 0.1) is 6.04 Å². The van der Waals surface area contributed by atoms with Gasteiger partial charge >= 0.3 is 0 Å². The molecule has 4 nitrogen and oxygen atoms in total. The molecule has 2 aromatic carbocycles. The summed E-state index contributed by atoms with van der Waals surface area (Å²) in [7, 11) is 0. The lowest BCUT2D eigenvalue weighted by Crippen LogP contribution is -2.38. The SMILES string of the molecule is CC(NC(=O)CN1CCSC1=O)c1ccc2ccccc2c1. The fourth-order valence-corrected chi connectivity index (χ4v) is 3.41. The molecule has 1 fully saturated rings. The molecule has 0 radical (unpaired) electrons. The van der Waals surface area contributed by atoms with Gasteiger partial charge in [0.2, 0.25) is 5.91 Å². The highest BCUT2D eigenvalue weighted by Crippen LogP contribution is 2.21. The Balaban J connectivity index is 1.66. The first-order chi connectivity index (χ1) is 10.6. The van der Waals surface area contributed by atoms with Gasteiger partial charge in [-0.2, -0.15) is 0 Å². The van der Waals surface area contributed by atoms with E-state index in [0.29, 0.717) is 6.54 Å². The van der Waals surface area contributed by atoms with Gasteiger partial charge in [0.1, 0.15) is 6.54 Å². The normalized spacial score (nSPS) is 16.0. The lowest BCUT2D eigenvalue weighted by Gasteiger charge is -2.18. The molecule has 3 rings (SSSR count). The third-order valence-corrected chi connectivity index (χ3v) is 4.72. The smallest absolute Gasteiger partial charge is 0.282 e. The Morgan fingerprint density at radius 1 is 1.27 bits per heavy atom. The molecule has 2 aromatic rings. The second-order valence-electron chi connectivity index (χ2n) is 5.43. The van der Waals surface area contributed by atoms with Crippen molar-refractivity contribution >= 4 is 33.7 Å². The molecule has 5 heteroatoms. The molecule has 1 N–H and O–H groups in total. The Bertz CT molecular complexity index is 717. The highest BCUT2D eigenvalue weighted by Gasteiger charge is 2.23. The Labute approximate surface area is 133 Å². The van der Waals surface area contributed by atoms with Crippen molar-refractivity contribution in [2.24, 2.45) is 0 Å². The zero-order valence-corrected chi connectivity index (χ0v) is 13.2. The number of carbonyl (C=O) groups excluding carboxylic acids is 2. The Hall–Kier alpha value is -2.01. The largest absolute Gasteiger partial charge is 0.348 e. The van der Waals surface area contributed by atoms with Crippen LogP contribution >= 0.6 is 11.8 Å². The molecule has 0 saturated carbocycles. The van der Waals surface area contributed by atoms with Gasteiger partial charge < -0.3 is 10.2 Å². The van der Waals surface area contributed by atoms with Crippen molar-refractivity contribution in [2.45, 2.75) is 13.0 Å². The van der Waals surface area contributed by atoms with Crippen molar-refractivity contribution in [3.05, 3.63) is 48.0 Å². The van der Waals surface area contributed by atoms with E-state index in [1.165, 1.54) is 17.1 Å². The zero-order chi connectivity index (χ0) is 15.5. The number of nitrogens with one attached hydrogen (secondary N) is 1. The first-order valence-electron chi connectivity index (χ1n) is 7.33. The molecule has 1 atom stereocenters. The van der Waals surface area contributed by atoms with Crippen molar-refractivity contribution in [3.63, 3.8) is 0 Å². The average Bonchev–Trinajstić information content (AvgIpc) is 2.91. The molecular weight excluding hydrogens is 296 g/mol. The van der Waals surface area contributed by atoms with E-state index in [1.807, 2.05) is 25.1 Å². The summed E-state index contributed by atoms with van der Waals surface area (Å²) in [6.07, 6.45) is 0. The van der Waals surface area contributed by atoms with Crippen molar-refractivity contribution in [1.29, 1.82) is 0 Å². The summed E-state index contributed by atoms with van der Waals surface area (Å²) in [4.78, 5) is 25.2. The summed E-state index contributed by atoms with van der Waals surface area (Å²) in [6.45, 7) is 2.76. The van der Waals surface area contributed by atoms with Crippen LogP contribution in [0.1, 0.15) is 18.5 Å². The van der Waals surface area contributed by atoms with Crippen molar-refractivity contribution in [3.8, 4) is 0 Å². The highest BCUT2D eigenvalue weighted by molar-refractivity contribution is 8.13. The van der Waals surface area contributed by atoms with E-state index in [2.05, 4.69) is 29.6 Å². The number of rotatable bonds is 4. The van der Waals surface area contributed by atoms with Crippen LogP contribution in [0.2, 0.25) is 0 Å². The van der Waals surface area contributed by atoms with E-state index in [1.54, 1.807) is 4.90 Å². The number of carbonyl (C=O) groups is 2. The van der Waals surface area contributed by atoms with Crippen molar-refractivity contribution < 1.29 is 9.59 Å². The van der Waals surface area contributed by atoms with Gasteiger partial charge in [0, 0.05) is 12.3 Å². The third-order valence-electron chi connectivity index (χ3n) is 3.83. The van der Waals surface area contributed by atoms with Crippen LogP contribution in [0.15, 0.2) is 42.5 Å². The molecule has 1 unspecified atom stereocenters. The minimum Gasteiger partial charge on any atom is -0.348 e. The maximum Gasteiger partial charge on any atom is 0.282 e. The topological polar surface area (TPSA) is 49.4 Å². The van der Waals surface area contributed by atoms with Crippen LogP contribution in [0.4, 0.5) is 4.79 Å². The van der Waals surface area contributed by atoms with Crippen LogP contribution in [0.5, 0.6) is 0 Å². The van der Waals surface area contributed by atoms with Crippen LogP contribution in [0, 0.1) is 0 Å². The van der Waals surface area contributed by atoms with Crippen LogP contribution in [0.25, 0.3) is 10.8 Å². The van der Waals surface area contributed by atoms with Gasteiger partial charge in [0.15, 0.2) is 0 Å². The lowest BCUT2D eigenvalue weighted by atomic mass is 10.0. The molecule has 0 aromatic heterocycles. The van der Waals surface area contributed by atoms with E-state index in [0.717, 1.165) is 16.7 Å². The predicted molar refractivity (Wildman–Crippen MR) is 89.9 cm³/mol. The Kier molecular flexibility index (Phi) is 4.34. The van der Waals surface area contributed by atoms with Gasteiger partial charge in [0.25, 0.3) is 5.24 Å². The van der Waals surface area contributed by atoms with Crippen LogP contribution in [-0.4, -0.2) is 34.9 Å². The van der Waals surface area contributed by atoms with E-state index in [-0.39, 0.29) is 23.7 Å². The maximum absolute atomic E-state index is 12.1. The molecule has 2 amide bonds. The van der Waals surface area contributed by atoms with Gasteiger partial charge in [-0.3, -0.25) is 9.59 Å². The van der Waals surface area contributed by atoms with Crippen LogP contribution in [0.3, 0.4) is 0 Å². The summed E-state index contributed by atoms with van der Waals surface area (Å²) in [5.74, 6) is 0.656. The van der Waals surface area contributed by atoms with Crippen molar-refractivity contribution in [2.75, 3.05) is 18.8 Å². The minimum absolute atomic E-state index is 0.00601. The van der Waals surface area contributed by atoms with E-state index < -0.39 is 0 Å². The maximum atomic E-state index is 12.1. The van der Waals surface area contributed by atoms with Gasteiger partial charge in [-0.25, -0.2) is 0 Å². The van der Waals surface area contributed by atoms with Gasteiger partial charge in [-0.05, 0) is 29.3 Å². The third kappa shape index (κ3) is 3.25. The molecule has 1 heterocycles. The fourth-order valence-electron chi connectivity index (χ4n) is 2.59. The molecule has 22 heavy (non-hydrogen) atoms. The number of benzene rings is 2. The van der Waals surface area contributed by atoms with Gasteiger partial charge in [-0.1, -0.05) is 48.2 Å². The number of thioether (sulfide) groups is 1. The van der Waals surface area contributed by atoms with Crippen molar-refractivity contribution in [1.82, 2.24) is 10.2 Å². The highest BCUT2D eigenvalue weighted by atomic mass is 32.2. The molecule has 1 saturated heterocycles. The number of fused-ring (bicyclic) bond motifs is 1. The molecule has 1 aliphatic rings. The second-order valence-corrected chi connectivity index (χ2v) is 6.48. The summed E-state index contributed by atoms with van der Waals surface area (Å²) < 4.78 is 0. The van der Waals surface area contributed by atoms with Gasteiger partial charge in [-0.15, -0.1) is 0 Å². The second kappa shape index (κ2) is 6.40. The molecule has 114 valence electrons. The Morgan fingerprint density at radius 3 is 2.77 bits per heavy atom. The zero-order valence-electron chi connectivity index (χ0n) is 12.4. The average molecular weight is 314 g/mol. The number of hydrogen-bond donors (Lipinski definition) is 1. The molecule has 0 aliphatic carbocycles. The molecular formula is C17H18N2O2S. The summed E-state index contributed by atoms with van der Waals surface area (Å²) >= 11 is 1.27. The van der Waals surface area contributed by atoms with Crippen LogP contribution in [-0.2, 0) is 4.79 Å². The summed E-state index contributed by atoms with van der Waals surface area (Å²) in [5.41, 5.74) is 1.06. The molecule has 1 aliphatic heterocycles. The van der Waals surface area contributed by atoms with Crippen LogP contribution < -0.4 is 5.32 Å². The Morgan fingerprint density at radius 2 is 2.05 bits per heavy atom. The first kappa shape index (κ1) is 14.9. The molecule has 0 bridgehead atoms. The number of nitrogens with zero attached hydrogens (tertiary/aromatic N) is 1. The number of amides is 2. The summed E-state index contributed by atoms with van der Waals surface area (Å²) in [6, 6.07) is 14.3. The quantitative estimate of drug-likeness (QED) is 0.943. The van der Waals surface area contributed by atoms with E-state index >= 15 is 0 Å². The lowest BCUT2D eigenvalue weighted by molar-refractivity contribution is -0.122. The van der Waals surface area contributed by atoms with E-state index in [4.69, 9.17) is 0 Å². The summed E-state index contributed by atoms with van der Waals surface area (Å²) in [5, 5.41) is 5.30. The standard InChI is InChI=1S/C17H18N2O2S/c1-12(18-16(20)11-19-8-9-22-17(19)21)14-7-6-13-4-2-3-5-15(13)10-14/h2-7,10,12H,8-9,11H2,1H3,(H,18,20). The number of hydrogen-bond acceptors (Lipinski definition) is 3. The van der Waals surface area contributed by atoms with E-state index in [9.17, 15) is 9.59 Å². The predicted octanol–water partition coefficient (Wildman–Crippen LogP) is 3.19. The molecule has 0 spiro atoms. The fraction of sp³-hybridized carbons (Fsp3) is 0.294.